The third kappa shape index (κ3) is 5.27. The maximum atomic E-state index is 13.1. The Kier molecular flexibility index (Phi) is 6.90. The molecule has 5 heteroatoms. The molecule has 1 heterocycles. The molecule has 1 aliphatic heterocycles. The van der Waals surface area contributed by atoms with Crippen molar-refractivity contribution < 1.29 is 14.3 Å². The summed E-state index contributed by atoms with van der Waals surface area (Å²) in [6, 6.07) is 25.1. The number of nitrogens with one attached hydrogen (secondary N) is 1. The van der Waals surface area contributed by atoms with Gasteiger partial charge in [-0.3, -0.25) is 4.79 Å². The van der Waals surface area contributed by atoms with Crippen LogP contribution in [0.15, 0.2) is 78.9 Å². The summed E-state index contributed by atoms with van der Waals surface area (Å²) in [4.78, 5) is 13.1. The number of amides is 1. The summed E-state index contributed by atoms with van der Waals surface area (Å²) in [5.41, 5.74) is 2.44. The molecule has 1 fully saturated rings. The number of hydrogen-bond donors (Lipinski definition) is 1. The average Bonchev–Trinajstić information content (AvgIpc) is 2.83. The molecule has 3 aromatic carbocycles. The van der Waals surface area contributed by atoms with Crippen LogP contribution in [0.25, 0.3) is 0 Å². The zero-order valence-electron chi connectivity index (χ0n) is 17.4. The standard InChI is InChI=1S/C26H26ClNO3/c27-22-9-6-8-21(17-22)26(13-15-30-16-14-26)19-28-25(29)24-12-5-4-7-20(24)18-31-23-10-2-1-3-11-23/h1-12,17H,13-16,18-19H2,(H,28,29). The topological polar surface area (TPSA) is 47.6 Å². The number of para-hydroxylation sites is 1. The third-order valence-corrected chi connectivity index (χ3v) is 6.11. The van der Waals surface area contributed by atoms with Gasteiger partial charge in [0, 0.05) is 41.3 Å². The Hall–Kier alpha value is -2.82. The molecule has 1 aliphatic rings. The molecule has 31 heavy (non-hydrogen) atoms. The summed E-state index contributed by atoms with van der Waals surface area (Å²) in [5, 5.41) is 3.88. The first-order valence-electron chi connectivity index (χ1n) is 10.5. The van der Waals surface area contributed by atoms with E-state index >= 15 is 0 Å². The number of halogens is 1. The highest BCUT2D eigenvalue weighted by Crippen LogP contribution is 2.35. The Morgan fingerprint density at radius 2 is 1.71 bits per heavy atom. The van der Waals surface area contributed by atoms with Crippen LogP contribution in [0.4, 0.5) is 0 Å². The Bertz CT molecular complexity index is 1020. The van der Waals surface area contributed by atoms with E-state index in [1.54, 1.807) is 0 Å². The predicted octanol–water partition coefficient (Wildman–Crippen LogP) is 5.40. The van der Waals surface area contributed by atoms with Gasteiger partial charge in [-0.2, -0.15) is 0 Å². The molecule has 3 aromatic rings. The number of hydrogen-bond acceptors (Lipinski definition) is 3. The fraction of sp³-hybridized carbons (Fsp3) is 0.269. The van der Waals surface area contributed by atoms with Crippen molar-refractivity contribution in [1.29, 1.82) is 0 Å². The second-order valence-corrected chi connectivity index (χ2v) is 8.28. The predicted molar refractivity (Wildman–Crippen MR) is 123 cm³/mol. The van der Waals surface area contributed by atoms with Crippen LogP contribution in [-0.4, -0.2) is 25.7 Å². The maximum absolute atomic E-state index is 13.1. The van der Waals surface area contributed by atoms with Gasteiger partial charge in [-0.25, -0.2) is 0 Å². The first-order chi connectivity index (χ1) is 15.2. The van der Waals surface area contributed by atoms with Crippen LogP contribution < -0.4 is 10.1 Å². The van der Waals surface area contributed by atoms with Crippen molar-refractivity contribution in [3.8, 4) is 5.75 Å². The molecule has 0 unspecified atom stereocenters. The van der Waals surface area contributed by atoms with E-state index in [1.807, 2.05) is 72.8 Å². The first-order valence-corrected chi connectivity index (χ1v) is 10.9. The van der Waals surface area contributed by atoms with Crippen LogP contribution in [0.1, 0.15) is 34.3 Å². The number of rotatable bonds is 7. The minimum absolute atomic E-state index is 0.0971. The summed E-state index contributed by atoms with van der Waals surface area (Å²) >= 11 is 6.26. The fourth-order valence-electron chi connectivity index (χ4n) is 4.04. The van der Waals surface area contributed by atoms with Gasteiger partial charge in [-0.15, -0.1) is 0 Å². The minimum atomic E-state index is -0.186. The number of benzene rings is 3. The Labute approximate surface area is 188 Å². The summed E-state index contributed by atoms with van der Waals surface area (Å²) in [5.74, 6) is 0.681. The number of ether oxygens (including phenoxy) is 2. The summed E-state index contributed by atoms with van der Waals surface area (Å²) in [6.07, 6.45) is 1.68. The molecular weight excluding hydrogens is 410 g/mol. The van der Waals surface area contributed by atoms with E-state index in [-0.39, 0.29) is 11.3 Å². The van der Waals surface area contributed by atoms with Crippen molar-refractivity contribution in [3.05, 3.63) is 101 Å². The summed E-state index contributed by atoms with van der Waals surface area (Å²) in [6.45, 7) is 2.21. The lowest BCUT2D eigenvalue weighted by molar-refractivity contribution is 0.0487. The summed E-state index contributed by atoms with van der Waals surface area (Å²) in [7, 11) is 0. The van der Waals surface area contributed by atoms with E-state index in [2.05, 4.69) is 11.4 Å². The van der Waals surface area contributed by atoms with Crippen molar-refractivity contribution in [2.45, 2.75) is 24.9 Å². The highest BCUT2D eigenvalue weighted by Gasteiger charge is 2.35. The van der Waals surface area contributed by atoms with Gasteiger partial charge in [-0.05, 0) is 48.7 Å². The van der Waals surface area contributed by atoms with Crippen LogP contribution in [0.2, 0.25) is 5.02 Å². The van der Waals surface area contributed by atoms with Crippen molar-refractivity contribution >= 4 is 17.5 Å². The van der Waals surface area contributed by atoms with Crippen LogP contribution in [0.3, 0.4) is 0 Å². The SMILES string of the molecule is O=C(NCC1(c2cccc(Cl)c2)CCOCC1)c1ccccc1COc1ccccc1. The average molecular weight is 436 g/mol. The summed E-state index contributed by atoms with van der Waals surface area (Å²) < 4.78 is 11.5. The van der Waals surface area contributed by atoms with Gasteiger partial charge in [0.1, 0.15) is 12.4 Å². The van der Waals surface area contributed by atoms with Crippen molar-refractivity contribution in [2.75, 3.05) is 19.8 Å². The van der Waals surface area contributed by atoms with Crippen LogP contribution in [0.5, 0.6) is 5.75 Å². The van der Waals surface area contributed by atoms with E-state index in [1.165, 1.54) is 0 Å². The van der Waals surface area contributed by atoms with E-state index in [4.69, 9.17) is 21.1 Å². The molecule has 160 valence electrons. The second-order valence-electron chi connectivity index (χ2n) is 7.84. The van der Waals surface area contributed by atoms with Gasteiger partial charge >= 0.3 is 0 Å². The molecule has 0 radical (unpaired) electrons. The van der Waals surface area contributed by atoms with E-state index in [0.717, 1.165) is 29.7 Å². The first kappa shape index (κ1) is 21.4. The lowest BCUT2D eigenvalue weighted by Gasteiger charge is -2.38. The monoisotopic (exact) mass is 435 g/mol. The Morgan fingerprint density at radius 1 is 0.968 bits per heavy atom. The normalized spacial score (nSPS) is 15.3. The van der Waals surface area contributed by atoms with Crippen molar-refractivity contribution in [2.24, 2.45) is 0 Å². The lowest BCUT2D eigenvalue weighted by atomic mass is 9.74. The van der Waals surface area contributed by atoms with Crippen molar-refractivity contribution in [3.63, 3.8) is 0 Å². The largest absolute Gasteiger partial charge is 0.489 e. The van der Waals surface area contributed by atoms with E-state index in [9.17, 15) is 4.79 Å². The zero-order chi connectivity index (χ0) is 21.5. The van der Waals surface area contributed by atoms with Crippen LogP contribution in [0, 0.1) is 0 Å². The van der Waals surface area contributed by atoms with Crippen LogP contribution in [-0.2, 0) is 16.8 Å². The van der Waals surface area contributed by atoms with Gasteiger partial charge in [-0.1, -0.05) is 60.1 Å². The fourth-order valence-corrected chi connectivity index (χ4v) is 4.23. The molecule has 4 rings (SSSR count). The highest BCUT2D eigenvalue weighted by molar-refractivity contribution is 6.30. The molecule has 0 atom stereocenters. The molecule has 0 saturated carbocycles. The molecule has 0 spiro atoms. The zero-order valence-corrected chi connectivity index (χ0v) is 18.1. The Morgan fingerprint density at radius 3 is 2.48 bits per heavy atom. The van der Waals surface area contributed by atoms with Crippen LogP contribution >= 0.6 is 11.6 Å². The van der Waals surface area contributed by atoms with Gasteiger partial charge in [0.15, 0.2) is 0 Å². The van der Waals surface area contributed by atoms with E-state index < -0.39 is 0 Å². The minimum Gasteiger partial charge on any atom is -0.489 e. The van der Waals surface area contributed by atoms with Gasteiger partial charge in [0.25, 0.3) is 5.91 Å². The molecule has 4 nitrogen and oxygen atoms in total. The molecule has 1 N–H and O–H groups in total. The lowest BCUT2D eigenvalue weighted by Crippen LogP contribution is -2.44. The highest BCUT2D eigenvalue weighted by atomic mass is 35.5. The number of carbonyl (C=O) groups is 1. The van der Waals surface area contributed by atoms with Gasteiger partial charge in [0.05, 0.1) is 0 Å². The number of carbonyl (C=O) groups excluding carboxylic acids is 1. The molecule has 0 aromatic heterocycles. The molecular formula is C26H26ClNO3. The quantitative estimate of drug-likeness (QED) is 0.540. The van der Waals surface area contributed by atoms with Gasteiger partial charge in [0.2, 0.25) is 0 Å². The molecule has 0 bridgehead atoms. The molecule has 1 amide bonds. The van der Waals surface area contributed by atoms with E-state index in [0.29, 0.717) is 37.0 Å². The third-order valence-electron chi connectivity index (χ3n) is 5.87. The molecule has 1 saturated heterocycles. The smallest absolute Gasteiger partial charge is 0.251 e. The molecule has 0 aliphatic carbocycles. The maximum Gasteiger partial charge on any atom is 0.251 e. The van der Waals surface area contributed by atoms with Crippen molar-refractivity contribution in [1.82, 2.24) is 5.32 Å². The Balaban J connectivity index is 1.48. The van der Waals surface area contributed by atoms with Gasteiger partial charge < -0.3 is 14.8 Å². The second kappa shape index (κ2) is 9.99.